The summed E-state index contributed by atoms with van der Waals surface area (Å²) in [5.41, 5.74) is 0. The number of alkyl halides is 8. The molecule has 1 heterocycles. The average Bonchev–Trinajstić information content (AvgIpc) is 2.14. The standard InChI is InChI=1S/C6H3F8O2.2Na/c7-3(8)1-16-2(15)4(9,10)6(13,14)5(3,11)12;;/h2H,1H2;;/q-1;;+1. The molecule has 0 amide bonds. The van der Waals surface area contributed by atoms with Gasteiger partial charge in [0.25, 0.3) is 0 Å². The fourth-order valence-corrected chi connectivity index (χ4v) is 0.963. The van der Waals surface area contributed by atoms with Crippen molar-refractivity contribution in [2.24, 2.45) is 0 Å². The molecule has 1 rings (SSSR count). The van der Waals surface area contributed by atoms with Crippen LogP contribution in [0.15, 0.2) is 0 Å². The maximum Gasteiger partial charge on any atom is 1.00 e. The topological polar surface area (TPSA) is 32.3 Å². The molecule has 1 aliphatic rings. The smallest absolute Gasteiger partial charge is 0.826 e. The number of hydrogen-bond donors (Lipinski definition) is 0. The van der Waals surface area contributed by atoms with E-state index in [0.717, 1.165) is 0 Å². The molecule has 1 radical (unpaired) electrons. The second-order valence-corrected chi connectivity index (χ2v) is 3.12. The van der Waals surface area contributed by atoms with Gasteiger partial charge in [-0.2, -0.15) is 35.1 Å². The summed E-state index contributed by atoms with van der Waals surface area (Å²) in [4.78, 5) is 0. The molecule has 1 saturated heterocycles. The van der Waals surface area contributed by atoms with Crippen molar-refractivity contribution >= 4 is 29.6 Å². The van der Waals surface area contributed by atoms with Gasteiger partial charge in [0.2, 0.25) is 0 Å². The van der Waals surface area contributed by atoms with Gasteiger partial charge in [-0.15, -0.1) is 0 Å². The van der Waals surface area contributed by atoms with Crippen molar-refractivity contribution in [3.63, 3.8) is 0 Å². The Balaban J connectivity index is 0. The molecule has 12 heteroatoms. The first kappa shape index (κ1) is 21.7. The minimum absolute atomic E-state index is 0. The summed E-state index contributed by atoms with van der Waals surface area (Å²) in [5.74, 6) is -24.4. The quantitative estimate of drug-likeness (QED) is 0.378. The van der Waals surface area contributed by atoms with Gasteiger partial charge in [0, 0.05) is 29.6 Å². The third kappa shape index (κ3) is 2.85. The van der Waals surface area contributed by atoms with Crippen LogP contribution in [-0.2, 0) is 4.74 Å². The normalized spacial score (nSPS) is 31.5. The molecule has 0 N–H and O–H groups in total. The monoisotopic (exact) mass is 305 g/mol. The summed E-state index contributed by atoms with van der Waals surface area (Å²) in [6.07, 6.45) is -3.98. The Morgan fingerprint density at radius 2 is 1.28 bits per heavy atom. The molecule has 1 atom stereocenters. The third-order valence-corrected chi connectivity index (χ3v) is 1.98. The summed E-state index contributed by atoms with van der Waals surface area (Å²) in [6, 6.07) is 0. The van der Waals surface area contributed by atoms with Crippen LogP contribution in [0.1, 0.15) is 0 Å². The summed E-state index contributed by atoms with van der Waals surface area (Å²) in [7, 11) is 0. The maximum absolute atomic E-state index is 12.5. The molecule has 0 aliphatic carbocycles. The molecule has 1 fully saturated rings. The van der Waals surface area contributed by atoms with Gasteiger partial charge < -0.3 is 9.84 Å². The Morgan fingerprint density at radius 1 is 0.889 bits per heavy atom. The number of halogens is 8. The van der Waals surface area contributed by atoms with Crippen molar-refractivity contribution in [2.45, 2.75) is 30.0 Å². The molecule has 0 aromatic carbocycles. The van der Waals surface area contributed by atoms with E-state index in [9.17, 15) is 40.2 Å². The molecule has 0 saturated carbocycles. The predicted molar refractivity (Wildman–Crippen MR) is 35.3 cm³/mol. The second kappa shape index (κ2) is 6.00. The summed E-state index contributed by atoms with van der Waals surface area (Å²) >= 11 is 0. The Kier molecular flexibility index (Phi) is 7.22. The van der Waals surface area contributed by atoms with E-state index >= 15 is 0 Å². The molecular weight excluding hydrogens is 302 g/mol. The zero-order valence-corrected chi connectivity index (χ0v) is 13.1. The Bertz CT molecular complexity index is 297. The van der Waals surface area contributed by atoms with E-state index in [1.54, 1.807) is 0 Å². The van der Waals surface area contributed by atoms with E-state index < -0.39 is 36.6 Å². The maximum atomic E-state index is 12.5. The van der Waals surface area contributed by atoms with Gasteiger partial charge in [0.05, 0.1) is 6.29 Å². The molecule has 0 bridgehead atoms. The van der Waals surface area contributed by atoms with E-state index in [0.29, 0.717) is 0 Å². The third-order valence-electron chi connectivity index (χ3n) is 1.98. The molecule has 0 spiro atoms. The van der Waals surface area contributed by atoms with Gasteiger partial charge >= 0.3 is 53.2 Å². The summed E-state index contributed by atoms with van der Waals surface area (Å²) in [6.45, 7) is -2.50. The van der Waals surface area contributed by atoms with Crippen LogP contribution < -0.4 is 34.7 Å². The van der Waals surface area contributed by atoms with Gasteiger partial charge in [-0.25, -0.2) is 0 Å². The van der Waals surface area contributed by atoms with Crippen LogP contribution in [0.2, 0.25) is 0 Å². The molecule has 2 nitrogen and oxygen atoms in total. The Labute approximate surface area is 140 Å². The van der Waals surface area contributed by atoms with Gasteiger partial charge in [-0.1, -0.05) is 0 Å². The SMILES string of the molecule is [Na+].[Na].[O-]C1OCC(F)(F)C(F)(F)C(F)(F)C1(F)F. The van der Waals surface area contributed by atoms with E-state index in [4.69, 9.17) is 0 Å². The van der Waals surface area contributed by atoms with E-state index in [2.05, 4.69) is 4.74 Å². The van der Waals surface area contributed by atoms with Crippen molar-refractivity contribution in [2.75, 3.05) is 6.61 Å². The largest absolute Gasteiger partial charge is 1.00 e. The molecule has 0 aromatic rings. The summed E-state index contributed by atoms with van der Waals surface area (Å²) in [5, 5.41) is 10.3. The first-order valence-corrected chi connectivity index (χ1v) is 3.66. The Hall–Kier alpha value is 1.36. The molecule has 18 heavy (non-hydrogen) atoms. The van der Waals surface area contributed by atoms with Crippen molar-refractivity contribution in [1.29, 1.82) is 0 Å². The second-order valence-electron chi connectivity index (χ2n) is 3.12. The van der Waals surface area contributed by atoms with Crippen LogP contribution in [0.5, 0.6) is 0 Å². The molecule has 1 unspecified atom stereocenters. The summed E-state index contributed by atoms with van der Waals surface area (Å²) < 4.78 is 103. The van der Waals surface area contributed by atoms with Crippen LogP contribution in [-0.4, -0.2) is 66.1 Å². The fraction of sp³-hybridized carbons (Fsp3) is 1.00. The minimum atomic E-state index is -6.49. The van der Waals surface area contributed by atoms with Crippen molar-refractivity contribution in [3.8, 4) is 0 Å². The zero-order chi connectivity index (χ0) is 13.0. The van der Waals surface area contributed by atoms with Gasteiger partial charge in [0.15, 0.2) is 0 Å². The molecular formula is C6H3F8Na2O2. The molecule has 0 aromatic heterocycles. The predicted octanol–water partition coefficient (Wildman–Crippen LogP) is -2.13. The van der Waals surface area contributed by atoms with Crippen molar-refractivity contribution in [3.05, 3.63) is 0 Å². The van der Waals surface area contributed by atoms with E-state index in [-0.39, 0.29) is 59.1 Å². The first-order valence-electron chi connectivity index (χ1n) is 3.66. The van der Waals surface area contributed by atoms with Crippen LogP contribution >= 0.6 is 0 Å². The molecule has 1 aliphatic heterocycles. The van der Waals surface area contributed by atoms with Gasteiger partial charge in [0.1, 0.15) is 6.61 Å². The minimum Gasteiger partial charge on any atom is -0.826 e. The van der Waals surface area contributed by atoms with Crippen LogP contribution in [0, 0.1) is 0 Å². The Morgan fingerprint density at radius 3 is 1.67 bits per heavy atom. The van der Waals surface area contributed by atoms with Gasteiger partial charge in [-0.3, -0.25) is 0 Å². The number of rotatable bonds is 0. The number of ether oxygens (including phenoxy) is 1. The van der Waals surface area contributed by atoms with Crippen molar-refractivity contribution < 1.29 is 74.5 Å². The first-order chi connectivity index (χ1) is 6.88. The van der Waals surface area contributed by atoms with Crippen LogP contribution in [0.4, 0.5) is 35.1 Å². The molecule has 97 valence electrons. The fourth-order valence-electron chi connectivity index (χ4n) is 0.963. The zero-order valence-electron chi connectivity index (χ0n) is 9.12. The van der Waals surface area contributed by atoms with E-state index in [1.807, 2.05) is 0 Å². The van der Waals surface area contributed by atoms with E-state index in [1.165, 1.54) is 0 Å². The van der Waals surface area contributed by atoms with Crippen LogP contribution in [0.3, 0.4) is 0 Å². The number of hydrogen-bond acceptors (Lipinski definition) is 2. The van der Waals surface area contributed by atoms with Crippen LogP contribution in [0.25, 0.3) is 0 Å². The van der Waals surface area contributed by atoms with Gasteiger partial charge in [-0.05, 0) is 0 Å². The average molecular weight is 305 g/mol. The van der Waals surface area contributed by atoms with Crippen molar-refractivity contribution in [1.82, 2.24) is 0 Å².